The molecule has 1 saturated carbocycles. The Morgan fingerprint density at radius 2 is 1.84 bits per heavy atom. The lowest BCUT2D eigenvalue weighted by Crippen LogP contribution is -2.48. The van der Waals surface area contributed by atoms with E-state index in [4.69, 9.17) is 0 Å². The molecule has 0 bridgehead atoms. The second-order valence-electron chi connectivity index (χ2n) is 5.70. The van der Waals surface area contributed by atoms with Crippen LogP contribution in [0, 0.1) is 5.92 Å². The van der Waals surface area contributed by atoms with Gasteiger partial charge in [0.05, 0.1) is 6.54 Å². The summed E-state index contributed by atoms with van der Waals surface area (Å²) >= 11 is 0. The predicted molar refractivity (Wildman–Crippen MR) is 77.2 cm³/mol. The standard InChI is InChI=1S/C14H28N4O/c1-2-17-7-9-18(10-8-17)6-5-16-14(19)12-15-11-13-3-4-13/h13,15H,2-12H2,1H3,(H,16,19). The SMILES string of the molecule is CCN1CCN(CCNC(=O)CNCC2CC2)CC1. The molecule has 0 aromatic carbocycles. The van der Waals surface area contributed by atoms with Crippen LogP contribution in [0.25, 0.3) is 0 Å². The van der Waals surface area contributed by atoms with Crippen LogP contribution in [-0.4, -0.2) is 74.6 Å². The third-order valence-electron chi connectivity index (χ3n) is 4.08. The molecule has 19 heavy (non-hydrogen) atoms. The van der Waals surface area contributed by atoms with Crippen LogP contribution in [0.2, 0.25) is 0 Å². The van der Waals surface area contributed by atoms with Crippen LogP contribution in [0.3, 0.4) is 0 Å². The lowest BCUT2D eigenvalue weighted by molar-refractivity contribution is -0.120. The van der Waals surface area contributed by atoms with E-state index in [1.807, 2.05) is 0 Å². The van der Waals surface area contributed by atoms with E-state index in [-0.39, 0.29) is 5.91 Å². The molecule has 2 aliphatic rings. The first-order valence-corrected chi connectivity index (χ1v) is 7.70. The van der Waals surface area contributed by atoms with E-state index in [1.165, 1.54) is 12.8 Å². The number of nitrogens with one attached hydrogen (secondary N) is 2. The zero-order valence-electron chi connectivity index (χ0n) is 12.2. The summed E-state index contributed by atoms with van der Waals surface area (Å²) in [4.78, 5) is 16.5. The molecule has 1 amide bonds. The van der Waals surface area contributed by atoms with Gasteiger partial charge in [-0.1, -0.05) is 6.92 Å². The molecule has 0 aromatic heterocycles. The average Bonchev–Trinajstić information content (AvgIpc) is 3.24. The van der Waals surface area contributed by atoms with E-state index in [0.717, 1.165) is 58.3 Å². The van der Waals surface area contributed by atoms with Crippen molar-refractivity contribution in [1.82, 2.24) is 20.4 Å². The van der Waals surface area contributed by atoms with Crippen LogP contribution in [0.1, 0.15) is 19.8 Å². The lowest BCUT2D eigenvalue weighted by atomic mass is 10.3. The molecule has 2 fully saturated rings. The molecular formula is C14H28N4O. The van der Waals surface area contributed by atoms with Crippen LogP contribution in [-0.2, 0) is 4.79 Å². The predicted octanol–water partition coefficient (Wildman–Crippen LogP) is -0.260. The van der Waals surface area contributed by atoms with Crippen molar-refractivity contribution >= 4 is 5.91 Å². The summed E-state index contributed by atoms with van der Waals surface area (Å²) in [6, 6.07) is 0. The fourth-order valence-electron chi connectivity index (χ4n) is 2.46. The highest BCUT2D eigenvalue weighted by Crippen LogP contribution is 2.27. The third kappa shape index (κ3) is 5.89. The van der Waals surface area contributed by atoms with Crippen LogP contribution < -0.4 is 10.6 Å². The zero-order valence-corrected chi connectivity index (χ0v) is 12.2. The highest BCUT2D eigenvalue weighted by molar-refractivity contribution is 5.77. The molecule has 0 aromatic rings. The molecule has 0 atom stereocenters. The van der Waals surface area contributed by atoms with E-state index in [0.29, 0.717) is 6.54 Å². The van der Waals surface area contributed by atoms with Gasteiger partial charge in [0.15, 0.2) is 0 Å². The first-order valence-electron chi connectivity index (χ1n) is 7.70. The molecule has 5 heteroatoms. The summed E-state index contributed by atoms with van der Waals surface area (Å²) in [5.74, 6) is 0.968. The van der Waals surface area contributed by atoms with Crippen LogP contribution in [0.5, 0.6) is 0 Å². The molecule has 5 nitrogen and oxygen atoms in total. The summed E-state index contributed by atoms with van der Waals surface area (Å²) < 4.78 is 0. The fraction of sp³-hybridized carbons (Fsp3) is 0.929. The molecule has 110 valence electrons. The van der Waals surface area contributed by atoms with Gasteiger partial charge >= 0.3 is 0 Å². The topological polar surface area (TPSA) is 47.6 Å². The molecule has 2 rings (SSSR count). The van der Waals surface area contributed by atoms with E-state index in [1.54, 1.807) is 0 Å². The number of carbonyl (C=O) groups excluding carboxylic acids is 1. The van der Waals surface area contributed by atoms with Gasteiger partial charge in [-0.3, -0.25) is 9.69 Å². The summed E-state index contributed by atoms with van der Waals surface area (Å²) in [6.45, 7) is 11.2. The summed E-state index contributed by atoms with van der Waals surface area (Å²) in [7, 11) is 0. The highest BCUT2D eigenvalue weighted by Gasteiger charge is 2.20. The van der Waals surface area contributed by atoms with Crippen LogP contribution in [0.4, 0.5) is 0 Å². The summed E-state index contributed by atoms with van der Waals surface area (Å²) in [6.07, 6.45) is 2.66. The molecule has 0 radical (unpaired) electrons. The normalized spacial score (nSPS) is 21.5. The smallest absolute Gasteiger partial charge is 0.234 e. The van der Waals surface area contributed by atoms with Gasteiger partial charge in [0, 0.05) is 39.3 Å². The van der Waals surface area contributed by atoms with E-state index in [9.17, 15) is 4.79 Å². The Kier molecular flexibility index (Phi) is 6.07. The van der Waals surface area contributed by atoms with Crippen molar-refractivity contribution in [3.05, 3.63) is 0 Å². The van der Waals surface area contributed by atoms with Crippen molar-refractivity contribution in [1.29, 1.82) is 0 Å². The molecule has 1 aliphatic heterocycles. The number of hydrogen-bond donors (Lipinski definition) is 2. The van der Waals surface area contributed by atoms with Crippen molar-refractivity contribution in [2.45, 2.75) is 19.8 Å². The maximum absolute atomic E-state index is 11.6. The quantitative estimate of drug-likeness (QED) is 0.637. The van der Waals surface area contributed by atoms with E-state index in [2.05, 4.69) is 27.4 Å². The molecule has 0 spiro atoms. The van der Waals surface area contributed by atoms with Crippen LogP contribution in [0.15, 0.2) is 0 Å². The Balaban J connectivity index is 1.45. The van der Waals surface area contributed by atoms with Gasteiger partial charge in [-0.2, -0.15) is 0 Å². The Morgan fingerprint density at radius 3 is 2.47 bits per heavy atom. The minimum Gasteiger partial charge on any atom is -0.354 e. The first-order chi connectivity index (χ1) is 9.28. The van der Waals surface area contributed by atoms with Gasteiger partial charge in [-0.05, 0) is 31.8 Å². The monoisotopic (exact) mass is 268 g/mol. The number of piperazine rings is 1. The Hall–Kier alpha value is -0.650. The molecule has 0 unspecified atom stereocenters. The van der Waals surface area contributed by atoms with Crippen molar-refractivity contribution in [3.63, 3.8) is 0 Å². The Bertz CT molecular complexity index is 273. The number of carbonyl (C=O) groups is 1. The third-order valence-corrected chi connectivity index (χ3v) is 4.08. The second-order valence-corrected chi connectivity index (χ2v) is 5.70. The van der Waals surface area contributed by atoms with Crippen LogP contribution >= 0.6 is 0 Å². The Labute approximate surface area is 116 Å². The summed E-state index contributed by atoms with van der Waals surface area (Å²) in [5, 5.41) is 6.21. The minimum absolute atomic E-state index is 0.132. The minimum atomic E-state index is 0.132. The van der Waals surface area contributed by atoms with Crippen molar-refractivity contribution in [2.24, 2.45) is 5.92 Å². The van der Waals surface area contributed by atoms with Gasteiger partial charge in [-0.15, -0.1) is 0 Å². The zero-order chi connectivity index (χ0) is 13.5. The number of hydrogen-bond acceptors (Lipinski definition) is 4. The molecular weight excluding hydrogens is 240 g/mol. The van der Waals surface area contributed by atoms with Gasteiger partial charge in [0.1, 0.15) is 0 Å². The molecule has 1 saturated heterocycles. The summed E-state index contributed by atoms with van der Waals surface area (Å²) in [5.41, 5.74) is 0. The molecule has 1 heterocycles. The lowest BCUT2D eigenvalue weighted by Gasteiger charge is -2.33. The van der Waals surface area contributed by atoms with Crippen molar-refractivity contribution in [2.75, 3.05) is 58.9 Å². The van der Waals surface area contributed by atoms with Gasteiger partial charge < -0.3 is 15.5 Å². The second kappa shape index (κ2) is 7.82. The van der Waals surface area contributed by atoms with Gasteiger partial charge in [0.2, 0.25) is 5.91 Å². The van der Waals surface area contributed by atoms with E-state index < -0.39 is 0 Å². The van der Waals surface area contributed by atoms with Crippen molar-refractivity contribution < 1.29 is 4.79 Å². The average molecular weight is 268 g/mol. The highest BCUT2D eigenvalue weighted by atomic mass is 16.1. The number of amides is 1. The fourth-order valence-corrected chi connectivity index (χ4v) is 2.46. The van der Waals surface area contributed by atoms with Crippen molar-refractivity contribution in [3.8, 4) is 0 Å². The largest absolute Gasteiger partial charge is 0.354 e. The molecule has 2 N–H and O–H groups in total. The molecule has 1 aliphatic carbocycles. The number of nitrogens with zero attached hydrogens (tertiary/aromatic N) is 2. The Morgan fingerprint density at radius 1 is 1.16 bits per heavy atom. The maximum atomic E-state index is 11.6. The van der Waals surface area contributed by atoms with Gasteiger partial charge in [-0.25, -0.2) is 0 Å². The van der Waals surface area contributed by atoms with E-state index >= 15 is 0 Å². The number of rotatable bonds is 8. The number of likely N-dealkylation sites (N-methyl/N-ethyl adjacent to an activating group) is 1. The van der Waals surface area contributed by atoms with Gasteiger partial charge in [0.25, 0.3) is 0 Å². The maximum Gasteiger partial charge on any atom is 0.234 e. The first kappa shape index (κ1) is 14.8.